The molecule has 0 radical (unpaired) electrons. The molecule has 2 fully saturated rings. The summed E-state index contributed by atoms with van der Waals surface area (Å²) in [6.45, 7) is -0.416. The van der Waals surface area contributed by atoms with Gasteiger partial charge in [-0.1, -0.05) is 19.3 Å². The van der Waals surface area contributed by atoms with Crippen LogP contribution in [-0.2, 0) is 4.74 Å². The zero-order valence-electron chi connectivity index (χ0n) is 15.3. The first-order valence-electron chi connectivity index (χ1n) is 9.50. The fourth-order valence-corrected chi connectivity index (χ4v) is 3.77. The van der Waals surface area contributed by atoms with Gasteiger partial charge in [0.1, 0.15) is 23.8 Å². The number of nitrogens with two attached hydrogens (primary N) is 1. The van der Waals surface area contributed by atoms with Gasteiger partial charge >= 0.3 is 0 Å². The lowest BCUT2D eigenvalue weighted by molar-refractivity contribution is -0.0511. The van der Waals surface area contributed by atoms with Crippen LogP contribution in [0.25, 0.3) is 11.2 Å². The van der Waals surface area contributed by atoms with Crippen LogP contribution in [0.5, 0.6) is 0 Å². The number of fused-ring (bicyclic) bond motifs is 1. The summed E-state index contributed by atoms with van der Waals surface area (Å²) in [5.41, 5.74) is 9.47. The fraction of sp³-hybridized carbons (Fsp3) is 0.647. The first kappa shape index (κ1) is 19.0. The van der Waals surface area contributed by atoms with Gasteiger partial charge in [-0.2, -0.15) is 15.1 Å². The number of hydrogen-bond acceptors (Lipinski definition) is 10. The van der Waals surface area contributed by atoms with E-state index in [2.05, 4.69) is 25.5 Å². The topological polar surface area (TPSA) is 164 Å². The van der Waals surface area contributed by atoms with E-state index in [0.717, 1.165) is 12.8 Å². The number of aliphatic hydroxyl groups excluding tert-OH is 3. The summed E-state index contributed by atoms with van der Waals surface area (Å²) in [5.74, 6) is 0.809. The van der Waals surface area contributed by atoms with Crippen LogP contribution < -0.4 is 11.2 Å². The number of ether oxygens (including phenoxy) is 1. The number of hydrogen-bond donors (Lipinski definition) is 5. The molecule has 6 N–H and O–H groups in total. The highest BCUT2D eigenvalue weighted by atomic mass is 16.6. The largest absolute Gasteiger partial charge is 0.394 e. The van der Waals surface area contributed by atoms with Crippen molar-refractivity contribution in [3.63, 3.8) is 0 Å². The summed E-state index contributed by atoms with van der Waals surface area (Å²) in [6, 6.07) is 0. The summed E-state index contributed by atoms with van der Waals surface area (Å²) in [5, 5.41) is 33.8. The molecule has 1 saturated heterocycles. The Labute approximate surface area is 161 Å². The minimum atomic E-state index is -1.24. The average Bonchev–Trinajstić information content (AvgIpc) is 3.24. The monoisotopic (exact) mass is 391 g/mol. The second-order valence-corrected chi connectivity index (χ2v) is 7.27. The maximum absolute atomic E-state index is 10.3. The van der Waals surface area contributed by atoms with Gasteiger partial charge < -0.3 is 25.8 Å². The molecule has 11 nitrogen and oxygen atoms in total. The lowest BCUT2D eigenvalue weighted by Gasteiger charge is -2.17. The quantitative estimate of drug-likeness (QED) is 0.348. The molecule has 4 atom stereocenters. The van der Waals surface area contributed by atoms with Gasteiger partial charge in [-0.05, 0) is 18.8 Å². The van der Waals surface area contributed by atoms with Crippen molar-refractivity contribution in [1.29, 1.82) is 0 Å². The van der Waals surface area contributed by atoms with Crippen molar-refractivity contribution in [2.45, 2.75) is 56.6 Å². The van der Waals surface area contributed by atoms with E-state index < -0.39 is 31.1 Å². The van der Waals surface area contributed by atoms with Gasteiger partial charge in [0.05, 0.1) is 12.9 Å². The Morgan fingerprint density at radius 2 is 2.04 bits per heavy atom. The van der Waals surface area contributed by atoms with Crippen LogP contribution >= 0.6 is 0 Å². The molecule has 3 heterocycles. The molecule has 0 aromatic carbocycles. The van der Waals surface area contributed by atoms with Gasteiger partial charge in [0.15, 0.2) is 17.7 Å². The fourth-order valence-electron chi connectivity index (χ4n) is 3.77. The van der Waals surface area contributed by atoms with Gasteiger partial charge in [-0.15, -0.1) is 0 Å². The van der Waals surface area contributed by atoms with Crippen molar-refractivity contribution >= 4 is 29.1 Å². The molecular weight excluding hydrogens is 366 g/mol. The second kappa shape index (κ2) is 7.95. The average molecular weight is 391 g/mol. The molecular formula is C17H25N7O4. The number of imidazole rings is 1. The molecule has 2 aromatic rings. The molecule has 152 valence electrons. The Kier molecular flexibility index (Phi) is 5.40. The predicted molar refractivity (Wildman–Crippen MR) is 101 cm³/mol. The third kappa shape index (κ3) is 3.53. The number of hydrazone groups is 1. The molecule has 1 saturated carbocycles. The number of aliphatic hydroxyl groups is 3. The molecule has 28 heavy (non-hydrogen) atoms. The Bertz CT molecular complexity index is 851. The SMILES string of the molecule is Nc1nc(N/N=C/C2CCCCC2)nc2c1ncn2[C@@H]1O[C@H](CO)[C@H](O)C1O. The van der Waals surface area contributed by atoms with Crippen molar-refractivity contribution in [3.05, 3.63) is 6.33 Å². The third-order valence-corrected chi connectivity index (χ3v) is 5.34. The van der Waals surface area contributed by atoms with E-state index in [1.54, 1.807) is 0 Å². The second-order valence-electron chi connectivity index (χ2n) is 7.27. The minimum Gasteiger partial charge on any atom is -0.394 e. The molecule has 4 rings (SSSR count). The van der Waals surface area contributed by atoms with Crippen molar-refractivity contribution < 1.29 is 20.1 Å². The number of nitrogen functional groups attached to an aromatic ring is 1. The summed E-state index contributed by atoms with van der Waals surface area (Å²) in [7, 11) is 0. The molecule has 0 spiro atoms. The highest BCUT2D eigenvalue weighted by Crippen LogP contribution is 2.32. The number of rotatable bonds is 5. The minimum absolute atomic E-state index is 0.158. The first-order valence-corrected chi connectivity index (χ1v) is 9.50. The number of aromatic nitrogens is 4. The van der Waals surface area contributed by atoms with Gasteiger partial charge in [0, 0.05) is 6.21 Å². The molecule has 0 amide bonds. The van der Waals surface area contributed by atoms with E-state index in [1.807, 2.05) is 6.21 Å². The van der Waals surface area contributed by atoms with E-state index in [-0.39, 0.29) is 11.8 Å². The van der Waals surface area contributed by atoms with Gasteiger partial charge in [0.25, 0.3) is 0 Å². The van der Waals surface area contributed by atoms with Gasteiger partial charge in [-0.3, -0.25) is 4.57 Å². The molecule has 2 aliphatic rings. The van der Waals surface area contributed by atoms with E-state index in [4.69, 9.17) is 10.5 Å². The molecule has 1 aliphatic heterocycles. The molecule has 0 bridgehead atoms. The Morgan fingerprint density at radius 1 is 1.25 bits per heavy atom. The van der Waals surface area contributed by atoms with Crippen LogP contribution in [-0.4, -0.2) is 66.0 Å². The highest BCUT2D eigenvalue weighted by Gasteiger charge is 2.44. The van der Waals surface area contributed by atoms with Crippen LogP contribution in [0.2, 0.25) is 0 Å². The Hall–Kier alpha value is -2.34. The zero-order chi connectivity index (χ0) is 19.7. The van der Waals surface area contributed by atoms with Gasteiger partial charge in [-0.25, -0.2) is 10.4 Å². The van der Waals surface area contributed by atoms with Crippen molar-refractivity contribution in [1.82, 2.24) is 19.5 Å². The summed E-state index contributed by atoms with van der Waals surface area (Å²) >= 11 is 0. The Morgan fingerprint density at radius 3 is 2.75 bits per heavy atom. The van der Waals surface area contributed by atoms with Crippen molar-refractivity contribution in [3.8, 4) is 0 Å². The molecule has 1 aliphatic carbocycles. The van der Waals surface area contributed by atoms with E-state index in [9.17, 15) is 15.3 Å². The van der Waals surface area contributed by atoms with E-state index >= 15 is 0 Å². The van der Waals surface area contributed by atoms with Crippen LogP contribution in [0.1, 0.15) is 38.3 Å². The van der Waals surface area contributed by atoms with Gasteiger partial charge in [0.2, 0.25) is 5.95 Å². The van der Waals surface area contributed by atoms with Crippen LogP contribution in [0.4, 0.5) is 11.8 Å². The smallest absolute Gasteiger partial charge is 0.247 e. The van der Waals surface area contributed by atoms with Crippen LogP contribution in [0.15, 0.2) is 11.4 Å². The van der Waals surface area contributed by atoms with Crippen molar-refractivity contribution in [2.75, 3.05) is 17.8 Å². The lowest BCUT2D eigenvalue weighted by atomic mass is 9.90. The normalized spacial score (nSPS) is 29.1. The summed E-state index contributed by atoms with van der Waals surface area (Å²) in [4.78, 5) is 12.7. The zero-order valence-corrected chi connectivity index (χ0v) is 15.3. The summed E-state index contributed by atoms with van der Waals surface area (Å²) < 4.78 is 7.01. The van der Waals surface area contributed by atoms with E-state index in [1.165, 1.54) is 30.2 Å². The van der Waals surface area contributed by atoms with Crippen molar-refractivity contribution in [2.24, 2.45) is 11.0 Å². The maximum Gasteiger partial charge on any atom is 0.247 e. The maximum atomic E-state index is 10.3. The highest BCUT2D eigenvalue weighted by molar-refractivity contribution is 5.83. The predicted octanol–water partition coefficient (Wildman–Crippen LogP) is -0.00200. The van der Waals surface area contributed by atoms with Crippen LogP contribution in [0.3, 0.4) is 0 Å². The number of nitrogens with zero attached hydrogens (tertiary/aromatic N) is 5. The molecule has 11 heteroatoms. The first-order chi connectivity index (χ1) is 13.6. The number of anilines is 2. The molecule has 1 unspecified atom stereocenters. The van der Waals surface area contributed by atoms with E-state index in [0.29, 0.717) is 17.1 Å². The summed E-state index contributed by atoms with van der Waals surface area (Å²) in [6.07, 6.45) is 4.95. The Balaban J connectivity index is 1.57. The molecule has 2 aromatic heterocycles. The third-order valence-electron chi connectivity index (χ3n) is 5.34. The van der Waals surface area contributed by atoms with Crippen LogP contribution in [0, 0.1) is 5.92 Å². The number of nitrogens with one attached hydrogen (secondary N) is 1. The lowest BCUT2D eigenvalue weighted by Crippen LogP contribution is -2.33. The standard InChI is InChI=1S/C17H25N7O4/c18-14-11-15(22-17(21-14)23-20-6-9-4-2-1-3-5-9)24(8-19-11)16-13(27)12(26)10(7-25)28-16/h6,8-10,12-13,16,25-27H,1-5,7H2,(H3,18,21,22,23)/b20-6+/t10-,12+,13?,16-/m1/s1.